The van der Waals surface area contributed by atoms with E-state index in [4.69, 9.17) is 16.3 Å². The van der Waals surface area contributed by atoms with Crippen LogP contribution < -0.4 is 9.64 Å². The highest BCUT2D eigenvalue weighted by atomic mass is 35.5. The average molecular weight is 410 g/mol. The third-order valence-electron chi connectivity index (χ3n) is 5.39. The minimum atomic E-state index is 0.119. The summed E-state index contributed by atoms with van der Waals surface area (Å²) >= 11 is 6.17. The van der Waals surface area contributed by atoms with E-state index >= 15 is 0 Å². The van der Waals surface area contributed by atoms with Crippen LogP contribution in [0.2, 0.25) is 5.02 Å². The first-order chi connectivity index (χ1) is 14.2. The summed E-state index contributed by atoms with van der Waals surface area (Å²) in [6.07, 6.45) is 4.23. The van der Waals surface area contributed by atoms with Crippen LogP contribution in [0.5, 0.6) is 5.88 Å². The molecule has 2 aliphatic heterocycles. The maximum absolute atomic E-state index is 12.4. The highest BCUT2D eigenvalue weighted by Gasteiger charge is 2.29. The smallest absolute Gasteiger partial charge is 0.231 e. The van der Waals surface area contributed by atoms with Gasteiger partial charge in [0.05, 0.1) is 12.1 Å². The number of piperidine rings is 1. The second-order valence-electron chi connectivity index (χ2n) is 7.39. The lowest BCUT2D eigenvalue weighted by Gasteiger charge is -2.32. The molecule has 0 bridgehead atoms. The number of carbonyl (C=O) groups is 1. The second kappa shape index (κ2) is 7.48. The first-order valence-corrected chi connectivity index (χ1v) is 10.1. The zero-order valence-electron chi connectivity index (χ0n) is 15.8. The predicted molar refractivity (Wildman–Crippen MR) is 109 cm³/mol. The Morgan fingerprint density at radius 2 is 1.93 bits per heavy atom. The number of fused-ring (bicyclic) bond motifs is 3. The van der Waals surface area contributed by atoms with Crippen molar-refractivity contribution in [3.8, 4) is 11.6 Å². The molecule has 2 aliphatic rings. The van der Waals surface area contributed by atoms with Crippen molar-refractivity contribution in [1.29, 1.82) is 0 Å². The molecular weight excluding hydrogens is 390 g/mol. The highest BCUT2D eigenvalue weighted by molar-refractivity contribution is 6.30. The molecule has 0 atom stereocenters. The van der Waals surface area contributed by atoms with E-state index in [9.17, 15) is 4.79 Å². The minimum Gasteiger partial charge on any atom is -0.474 e. The topological polar surface area (TPSA) is 73.1 Å². The Balaban J connectivity index is 1.39. The Hall–Kier alpha value is -2.93. The molecule has 0 amide bonds. The number of pyridine rings is 1. The summed E-state index contributed by atoms with van der Waals surface area (Å²) in [6.45, 7) is 1.60. The molecule has 0 saturated carbocycles. The Morgan fingerprint density at radius 3 is 2.72 bits per heavy atom. The van der Waals surface area contributed by atoms with Gasteiger partial charge in [0.15, 0.2) is 0 Å². The fourth-order valence-electron chi connectivity index (χ4n) is 4.00. The number of hydrogen-bond donors (Lipinski definition) is 0. The van der Waals surface area contributed by atoms with E-state index < -0.39 is 0 Å². The third kappa shape index (κ3) is 3.58. The average Bonchev–Trinajstić information content (AvgIpc) is 3.06. The molecule has 0 spiro atoms. The monoisotopic (exact) mass is 409 g/mol. The molecule has 3 aromatic rings. The molecule has 29 heavy (non-hydrogen) atoms. The number of halogens is 1. The van der Waals surface area contributed by atoms with Crippen molar-refractivity contribution in [2.24, 2.45) is 0 Å². The second-order valence-corrected chi connectivity index (χ2v) is 7.83. The van der Waals surface area contributed by atoms with E-state index in [-0.39, 0.29) is 18.3 Å². The van der Waals surface area contributed by atoms with E-state index in [1.807, 2.05) is 41.0 Å². The van der Waals surface area contributed by atoms with Crippen molar-refractivity contribution in [2.45, 2.75) is 31.8 Å². The molecule has 1 fully saturated rings. The summed E-state index contributed by atoms with van der Waals surface area (Å²) in [4.78, 5) is 18.8. The molecule has 8 heteroatoms. The van der Waals surface area contributed by atoms with Crippen LogP contribution in [-0.2, 0) is 17.6 Å². The van der Waals surface area contributed by atoms with Gasteiger partial charge in [0.2, 0.25) is 11.8 Å². The lowest BCUT2D eigenvalue weighted by molar-refractivity contribution is -0.117. The lowest BCUT2D eigenvalue weighted by Crippen LogP contribution is -2.39. The van der Waals surface area contributed by atoms with Gasteiger partial charge in [-0.3, -0.25) is 9.36 Å². The molecule has 1 saturated heterocycles. The van der Waals surface area contributed by atoms with Crippen molar-refractivity contribution < 1.29 is 9.53 Å². The van der Waals surface area contributed by atoms with E-state index in [0.717, 1.165) is 43.1 Å². The number of ketones is 1. The van der Waals surface area contributed by atoms with Crippen molar-refractivity contribution in [3.63, 3.8) is 0 Å². The number of anilines is 1. The van der Waals surface area contributed by atoms with Gasteiger partial charge in [-0.1, -0.05) is 17.7 Å². The van der Waals surface area contributed by atoms with Crippen molar-refractivity contribution >= 4 is 23.3 Å². The Bertz CT molecular complexity index is 1040. The molecule has 148 valence electrons. The number of aromatic nitrogens is 4. The maximum Gasteiger partial charge on any atom is 0.231 e. The van der Waals surface area contributed by atoms with Gasteiger partial charge in [0.25, 0.3) is 0 Å². The molecule has 0 N–H and O–H groups in total. The number of ether oxygens (including phenoxy) is 1. The number of benzene rings is 1. The molecule has 0 radical (unpaired) electrons. The van der Waals surface area contributed by atoms with Gasteiger partial charge in [-0.2, -0.15) is 0 Å². The summed E-state index contributed by atoms with van der Waals surface area (Å²) in [7, 11) is 0. The number of carbonyl (C=O) groups excluding carboxylic acids is 1. The summed E-state index contributed by atoms with van der Waals surface area (Å²) < 4.78 is 8.01. The van der Waals surface area contributed by atoms with Gasteiger partial charge in [-0.15, -0.1) is 10.2 Å². The van der Waals surface area contributed by atoms with Gasteiger partial charge in [-0.05, 0) is 29.8 Å². The fraction of sp³-hybridized carbons (Fsp3) is 0.333. The molecule has 4 heterocycles. The fourth-order valence-corrected chi connectivity index (χ4v) is 4.19. The van der Waals surface area contributed by atoms with Crippen LogP contribution in [0.25, 0.3) is 5.69 Å². The van der Waals surface area contributed by atoms with E-state index in [0.29, 0.717) is 23.1 Å². The number of rotatable bonds is 3. The van der Waals surface area contributed by atoms with Crippen LogP contribution >= 0.6 is 11.6 Å². The van der Waals surface area contributed by atoms with Crippen LogP contribution in [0.1, 0.15) is 24.2 Å². The van der Waals surface area contributed by atoms with Crippen LogP contribution in [-0.4, -0.2) is 44.7 Å². The molecule has 1 aromatic carbocycles. The summed E-state index contributed by atoms with van der Waals surface area (Å²) in [5.41, 5.74) is 1.85. The lowest BCUT2D eigenvalue weighted by atomic mass is 10.1. The van der Waals surface area contributed by atoms with Gasteiger partial charge >= 0.3 is 0 Å². The standard InChI is InChI=1S/C21H20ClN5O2/c22-15-4-5-18-14(11-15)12-16(28)13-19-24-25-21(27(18)19)26-9-6-17(7-10-26)29-20-3-1-2-8-23-20/h1-5,8,11,17H,6-7,9-10,12-13H2. The molecule has 2 aromatic heterocycles. The highest BCUT2D eigenvalue weighted by Crippen LogP contribution is 2.30. The molecule has 0 aliphatic carbocycles. The SMILES string of the molecule is O=C1Cc2cc(Cl)ccc2-n2c(nnc2N2CCC(Oc3ccccn3)CC2)C1. The summed E-state index contributed by atoms with van der Waals surface area (Å²) in [5, 5.41) is 9.38. The first-order valence-electron chi connectivity index (χ1n) is 9.75. The zero-order valence-corrected chi connectivity index (χ0v) is 16.5. The quantitative estimate of drug-likeness (QED) is 0.662. The summed E-state index contributed by atoms with van der Waals surface area (Å²) in [6, 6.07) is 11.3. The van der Waals surface area contributed by atoms with Gasteiger partial charge in [-0.25, -0.2) is 4.98 Å². The molecule has 7 nitrogen and oxygen atoms in total. The zero-order chi connectivity index (χ0) is 19.8. The van der Waals surface area contributed by atoms with Gasteiger partial charge in [0, 0.05) is 49.6 Å². The number of Topliss-reactive ketones (excluding diaryl/α,β-unsaturated/α-hetero) is 1. The minimum absolute atomic E-state index is 0.119. The molecular formula is C21H20ClN5O2. The largest absolute Gasteiger partial charge is 0.474 e. The van der Waals surface area contributed by atoms with Crippen molar-refractivity contribution in [1.82, 2.24) is 19.7 Å². The molecule has 5 rings (SSSR count). The Morgan fingerprint density at radius 1 is 1.07 bits per heavy atom. The predicted octanol–water partition coefficient (Wildman–Crippen LogP) is 3.03. The normalized spacial score (nSPS) is 16.9. The van der Waals surface area contributed by atoms with E-state index in [1.165, 1.54) is 0 Å². The van der Waals surface area contributed by atoms with Crippen LogP contribution in [0.3, 0.4) is 0 Å². The maximum atomic E-state index is 12.4. The van der Waals surface area contributed by atoms with Gasteiger partial charge in [0.1, 0.15) is 17.7 Å². The number of nitrogens with zero attached hydrogens (tertiary/aromatic N) is 5. The Labute approximate surface area is 173 Å². The third-order valence-corrected chi connectivity index (χ3v) is 5.62. The first kappa shape index (κ1) is 18.1. The van der Waals surface area contributed by atoms with Crippen LogP contribution in [0.4, 0.5) is 5.95 Å². The van der Waals surface area contributed by atoms with E-state index in [2.05, 4.69) is 20.1 Å². The van der Waals surface area contributed by atoms with Gasteiger partial charge < -0.3 is 9.64 Å². The summed E-state index contributed by atoms with van der Waals surface area (Å²) in [5.74, 6) is 2.23. The van der Waals surface area contributed by atoms with Crippen LogP contribution in [0, 0.1) is 0 Å². The van der Waals surface area contributed by atoms with E-state index in [1.54, 1.807) is 6.20 Å². The molecule has 0 unspecified atom stereocenters. The number of hydrogen-bond acceptors (Lipinski definition) is 6. The van der Waals surface area contributed by atoms with Crippen LogP contribution in [0.15, 0.2) is 42.6 Å². The van der Waals surface area contributed by atoms with Crippen molar-refractivity contribution in [2.75, 3.05) is 18.0 Å². The Kier molecular flexibility index (Phi) is 4.67. The van der Waals surface area contributed by atoms with Crippen molar-refractivity contribution in [3.05, 3.63) is 59.0 Å².